The molecule has 2 atom stereocenters. The van der Waals surface area contributed by atoms with E-state index < -0.39 is 18.1 Å². The topological polar surface area (TPSA) is 89.6 Å². The van der Waals surface area contributed by atoms with Gasteiger partial charge in [-0.3, -0.25) is 9.59 Å². The van der Waals surface area contributed by atoms with Crippen molar-refractivity contribution in [1.29, 1.82) is 0 Å². The molecule has 0 saturated heterocycles. The monoisotopic (exact) mass is 357 g/mol. The molecule has 0 aromatic heterocycles. The predicted octanol–water partition coefficient (Wildman–Crippen LogP) is 4.81. The van der Waals surface area contributed by atoms with Gasteiger partial charge in [0.15, 0.2) is 0 Å². The third kappa shape index (κ3) is 14.9. The summed E-state index contributed by atoms with van der Waals surface area (Å²) in [6, 6.07) is -1.16. The van der Waals surface area contributed by atoms with E-state index >= 15 is 0 Å². The molecule has 0 amide bonds. The molecule has 0 heterocycles. The summed E-state index contributed by atoms with van der Waals surface area (Å²) in [5.74, 6) is -1.51. The maximum atomic E-state index is 11.6. The van der Waals surface area contributed by atoms with Gasteiger partial charge in [0.25, 0.3) is 0 Å². The number of rotatable bonds is 17. The number of unbranched alkanes of at least 4 members (excludes halogenated alkanes) is 12. The summed E-state index contributed by atoms with van der Waals surface area (Å²) in [4.78, 5) is 22.3. The molecule has 0 unspecified atom stereocenters. The zero-order valence-electron chi connectivity index (χ0n) is 16.3. The first kappa shape index (κ1) is 23.9. The second kappa shape index (κ2) is 16.4. The van der Waals surface area contributed by atoms with Crippen molar-refractivity contribution < 1.29 is 19.4 Å². The number of aliphatic carboxylic acids is 1. The number of nitrogens with two attached hydrogens (primary N) is 1. The zero-order valence-corrected chi connectivity index (χ0v) is 16.3. The molecule has 0 saturated carbocycles. The number of esters is 1. The Morgan fingerprint density at radius 1 is 0.840 bits per heavy atom. The highest BCUT2D eigenvalue weighted by atomic mass is 16.5. The van der Waals surface area contributed by atoms with Crippen molar-refractivity contribution >= 4 is 11.9 Å². The van der Waals surface area contributed by atoms with Crippen LogP contribution in [0.25, 0.3) is 0 Å². The Morgan fingerprint density at radius 3 is 1.64 bits per heavy atom. The van der Waals surface area contributed by atoms with Crippen molar-refractivity contribution in [1.82, 2.24) is 0 Å². The van der Waals surface area contributed by atoms with E-state index in [2.05, 4.69) is 6.92 Å². The molecule has 0 rings (SSSR count). The summed E-state index contributed by atoms with van der Waals surface area (Å²) in [6.45, 7) is 3.76. The number of carbonyl (C=O) groups is 2. The molecule has 0 aliphatic rings. The Balaban J connectivity index is 3.35. The molecular weight excluding hydrogens is 318 g/mol. The van der Waals surface area contributed by atoms with Gasteiger partial charge >= 0.3 is 11.9 Å². The van der Waals surface area contributed by atoms with Crippen molar-refractivity contribution in [2.45, 2.75) is 116 Å². The van der Waals surface area contributed by atoms with E-state index in [0.717, 1.165) is 19.3 Å². The van der Waals surface area contributed by atoms with Crippen LogP contribution in [0.1, 0.15) is 104 Å². The number of carbonyl (C=O) groups excluding carboxylic acids is 1. The van der Waals surface area contributed by atoms with Gasteiger partial charge in [0.2, 0.25) is 0 Å². The van der Waals surface area contributed by atoms with E-state index in [1.807, 2.05) is 0 Å². The molecule has 0 spiro atoms. The van der Waals surface area contributed by atoms with Crippen molar-refractivity contribution in [2.75, 3.05) is 0 Å². The smallest absolute Gasteiger partial charge is 0.324 e. The predicted molar refractivity (Wildman–Crippen MR) is 101 cm³/mol. The molecule has 0 bridgehead atoms. The first-order valence-electron chi connectivity index (χ1n) is 10.2. The SMILES string of the molecule is CCCCCCCCCCCCCCCC(=O)O[C@H](C)[C@H](N)C(=O)O. The van der Waals surface area contributed by atoms with Crippen LogP contribution in [-0.2, 0) is 14.3 Å². The van der Waals surface area contributed by atoms with E-state index in [4.69, 9.17) is 15.6 Å². The maximum Gasteiger partial charge on any atom is 0.324 e. The lowest BCUT2D eigenvalue weighted by molar-refractivity contribution is -0.153. The van der Waals surface area contributed by atoms with Crippen molar-refractivity contribution in [3.8, 4) is 0 Å². The van der Waals surface area contributed by atoms with Gasteiger partial charge < -0.3 is 15.6 Å². The van der Waals surface area contributed by atoms with Gasteiger partial charge in [0, 0.05) is 6.42 Å². The van der Waals surface area contributed by atoms with E-state index in [-0.39, 0.29) is 5.97 Å². The van der Waals surface area contributed by atoms with Gasteiger partial charge in [-0.05, 0) is 13.3 Å². The van der Waals surface area contributed by atoms with Gasteiger partial charge in [0.1, 0.15) is 12.1 Å². The minimum Gasteiger partial charge on any atom is -0.480 e. The van der Waals surface area contributed by atoms with E-state index in [0.29, 0.717) is 6.42 Å². The highest BCUT2D eigenvalue weighted by molar-refractivity contribution is 5.75. The highest BCUT2D eigenvalue weighted by Gasteiger charge is 2.23. The van der Waals surface area contributed by atoms with Crippen LogP contribution in [0.3, 0.4) is 0 Å². The van der Waals surface area contributed by atoms with E-state index in [1.165, 1.54) is 71.1 Å². The van der Waals surface area contributed by atoms with Crippen LogP contribution in [0.4, 0.5) is 0 Å². The number of ether oxygens (including phenoxy) is 1. The number of carboxylic acids is 1. The second-order valence-corrected chi connectivity index (χ2v) is 7.05. The summed E-state index contributed by atoms with van der Waals surface area (Å²) in [5.41, 5.74) is 5.41. The summed E-state index contributed by atoms with van der Waals surface area (Å²) in [5, 5.41) is 8.75. The summed E-state index contributed by atoms with van der Waals surface area (Å²) in [6.07, 6.45) is 15.9. The van der Waals surface area contributed by atoms with Crippen LogP contribution in [0.2, 0.25) is 0 Å². The molecule has 0 fully saturated rings. The Labute approximate surface area is 153 Å². The first-order chi connectivity index (χ1) is 12.0. The van der Waals surface area contributed by atoms with Crippen LogP contribution >= 0.6 is 0 Å². The van der Waals surface area contributed by atoms with Gasteiger partial charge in [-0.2, -0.15) is 0 Å². The van der Waals surface area contributed by atoms with Crippen molar-refractivity contribution in [2.24, 2.45) is 5.73 Å². The van der Waals surface area contributed by atoms with Crippen LogP contribution in [0.15, 0.2) is 0 Å². The molecule has 0 radical (unpaired) electrons. The lowest BCUT2D eigenvalue weighted by atomic mass is 10.0. The normalized spacial score (nSPS) is 13.4. The molecular formula is C20H39NO4. The largest absolute Gasteiger partial charge is 0.480 e. The average molecular weight is 358 g/mol. The minimum absolute atomic E-state index is 0.342. The Morgan fingerprint density at radius 2 is 1.24 bits per heavy atom. The molecule has 0 aliphatic heterocycles. The van der Waals surface area contributed by atoms with E-state index in [1.54, 1.807) is 0 Å². The summed E-state index contributed by atoms with van der Waals surface area (Å²) < 4.78 is 5.04. The third-order valence-electron chi connectivity index (χ3n) is 4.59. The molecule has 25 heavy (non-hydrogen) atoms. The van der Waals surface area contributed by atoms with Crippen LogP contribution in [-0.4, -0.2) is 29.2 Å². The molecule has 0 aromatic carbocycles. The lowest BCUT2D eigenvalue weighted by Gasteiger charge is -2.16. The van der Waals surface area contributed by atoms with Crippen molar-refractivity contribution in [3.63, 3.8) is 0 Å². The number of hydrogen-bond acceptors (Lipinski definition) is 4. The molecule has 3 N–H and O–H groups in total. The first-order valence-corrected chi connectivity index (χ1v) is 10.2. The van der Waals surface area contributed by atoms with Crippen molar-refractivity contribution in [3.05, 3.63) is 0 Å². The average Bonchev–Trinajstić information content (AvgIpc) is 2.58. The molecule has 0 aliphatic carbocycles. The number of carboxylic acid groups (broad SMARTS) is 1. The lowest BCUT2D eigenvalue weighted by Crippen LogP contribution is -2.42. The third-order valence-corrected chi connectivity index (χ3v) is 4.59. The Bertz CT molecular complexity index is 347. The Hall–Kier alpha value is -1.10. The van der Waals surface area contributed by atoms with Gasteiger partial charge in [-0.1, -0.05) is 84.0 Å². The highest BCUT2D eigenvalue weighted by Crippen LogP contribution is 2.13. The second-order valence-electron chi connectivity index (χ2n) is 7.05. The maximum absolute atomic E-state index is 11.6. The molecule has 5 nitrogen and oxygen atoms in total. The summed E-state index contributed by atoms with van der Waals surface area (Å²) in [7, 11) is 0. The number of hydrogen-bond donors (Lipinski definition) is 2. The Kier molecular flexibility index (Phi) is 15.7. The zero-order chi connectivity index (χ0) is 18.9. The van der Waals surface area contributed by atoms with Crippen LogP contribution in [0, 0.1) is 0 Å². The summed E-state index contributed by atoms with van der Waals surface area (Å²) >= 11 is 0. The van der Waals surface area contributed by atoms with Gasteiger partial charge in [0.05, 0.1) is 0 Å². The van der Waals surface area contributed by atoms with Crippen LogP contribution < -0.4 is 5.73 Å². The molecule has 148 valence electrons. The van der Waals surface area contributed by atoms with Crippen LogP contribution in [0.5, 0.6) is 0 Å². The fourth-order valence-electron chi connectivity index (χ4n) is 2.83. The molecule has 0 aromatic rings. The minimum atomic E-state index is -1.16. The van der Waals surface area contributed by atoms with Gasteiger partial charge in [-0.15, -0.1) is 0 Å². The van der Waals surface area contributed by atoms with E-state index in [9.17, 15) is 9.59 Å². The standard InChI is InChI=1S/C20H39NO4/c1-3-4-5-6-7-8-9-10-11-12-13-14-15-16-18(22)25-17(2)19(21)20(23)24/h17,19H,3-16,21H2,1-2H3,(H,23,24)/t17-,19+/m1/s1. The quantitative estimate of drug-likeness (QED) is 0.288. The fraction of sp³-hybridized carbons (Fsp3) is 0.900. The fourth-order valence-corrected chi connectivity index (χ4v) is 2.83. The molecule has 5 heteroatoms. The van der Waals surface area contributed by atoms with Gasteiger partial charge in [-0.25, -0.2) is 0 Å².